The third-order valence-electron chi connectivity index (χ3n) is 2.83. The molecule has 0 aliphatic carbocycles. The van der Waals surface area contributed by atoms with Crippen LogP contribution in [0.15, 0.2) is 0 Å². The first-order chi connectivity index (χ1) is 6.09. The summed E-state index contributed by atoms with van der Waals surface area (Å²) in [5.41, 5.74) is 0. The summed E-state index contributed by atoms with van der Waals surface area (Å²) in [4.78, 5) is 12.9. The molecule has 0 aromatic carbocycles. The molecule has 0 amide bonds. The van der Waals surface area contributed by atoms with E-state index in [9.17, 15) is 4.79 Å². The molecule has 1 heterocycles. The first-order valence-electron chi connectivity index (χ1n) is 5.01. The Morgan fingerprint density at radius 2 is 2.38 bits per heavy atom. The summed E-state index contributed by atoms with van der Waals surface area (Å²) >= 11 is 0. The first-order valence-corrected chi connectivity index (χ1v) is 5.01. The Kier molecular flexibility index (Phi) is 3.72. The van der Waals surface area contributed by atoms with Gasteiger partial charge < -0.3 is 10.0 Å². The van der Waals surface area contributed by atoms with Gasteiger partial charge in [0.15, 0.2) is 0 Å². The predicted molar refractivity (Wildman–Crippen MR) is 51.6 cm³/mol. The van der Waals surface area contributed by atoms with Crippen LogP contribution < -0.4 is 0 Å². The highest BCUT2D eigenvalue weighted by Crippen LogP contribution is 2.22. The largest absolute Gasteiger partial charge is 0.481 e. The fourth-order valence-electron chi connectivity index (χ4n) is 2.07. The van der Waals surface area contributed by atoms with E-state index < -0.39 is 5.97 Å². The molecule has 0 aromatic rings. The number of likely N-dealkylation sites (tertiary alicyclic amines) is 1. The van der Waals surface area contributed by atoms with E-state index >= 15 is 0 Å². The number of aliphatic carboxylic acids is 1. The van der Waals surface area contributed by atoms with Crippen LogP contribution in [-0.2, 0) is 4.79 Å². The molecule has 1 aliphatic rings. The van der Waals surface area contributed by atoms with Crippen LogP contribution in [0.3, 0.4) is 0 Å². The molecular weight excluding hydrogens is 166 g/mol. The van der Waals surface area contributed by atoms with Crippen LogP contribution in [0.1, 0.15) is 26.2 Å². The van der Waals surface area contributed by atoms with E-state index in [2.05, 4.69) is 11.9 Å². The van der Waals surface area contributed by atoms with Crippen LogP contribution >= 0.6 is 0 Å². The molecule has 1 saturated heterocycles. The monoisotopic (exact) mass is 185 g/mol. The third kappa shape index (κ3) is 3.35. The van der Waals surface area contributed by atoms with Gasteiger partial charge in [0.25, 0.3) is 0 Å². The molecule has 2 unspecified atom stereocenters. The van der Waals surface area contributed by atoms with Crippen LogP contribution in [0.2, 0.25) is 0 Å². The maximum absolute atomic E-state index is 10.6. The number of piperidine rings is 1. The van der Waals surface area contributed by atoms with Gasteiger partial charge in [-0.1, -0.05) is 6.92 Å². The molecule has 0 spiro atoms. The lowest BCUT2D eigenvalue weighted by molar-refractivity contribution is -0.141. The van der Waals surface area contributed by atoms with Gasteiger partial charge >= 0.3 is 5.97 Å². The summed E-state index contributed by atoms with van der Waals surface area (Å²) in [6, 6.07) is 0. The maximum atomic E-state index is 10.6. The highest BCUT2D eigenvalue weighted by atomic mass is 16.4. The molecule has 76 valence electrons. The van der Waals surface area contributed by atoms with Crippen molar-refractivity contribution in [2.45, 2.75) is 26.2 Å². The fourth-order valence-corrected chi connectivity index (χ4v) is 2.07. The Labute approximate surface area is 79.7 Å². The topological polar surface area (TPSA) is 40.5 Å². The summed E-state index contributed by atoms with van der Waals surface area (Å²) in [6.07, 6.45) is 3.25. The lowest BCUT2D eigenvalue weighted by atomic mass is 9.89. The Bertz CT molecular complexity index is 182. The van der Waals surface area contributed by atoms with E-state index in [4.69, 9.17) is 5.11 Å². The van der Waals surface area contributed by atoms with Crippen LogP contribution in [0.5, 0.6) is 0 Å². The van der Waals surface area contributed by atoms with Gasteiger partial charge in [0.1, 0.15) is 0 Å². The van der Waals surface area contributed by atoms with E-state index in [1.807, 2.05) is 0 Å². The second-order valence-electron chi connectivity index (χ2n) is 4.25. The molecule has 0 radical (unpaired) electrons. The zero-order valence-corrected chi connectivity index (χ0v) is 8.49. The van der Waals surface area contributed by atoms with Crippen molar-refractivity contribution >= 4 is 5.97 Å². The number of carboxylic acids is 1. The number of carbonyl (C=O) groups is 1. The second-order valence-corrected chi connectivity index (χ2v) is 4.25. The Balaban J connectivity index is 2.31. The average Bonchev–Trinajstić information content (AvgIpc) is 2.04. The van der Waals surface area contributed by atoms with Crippen molar-refractivity contribution in [2.24, 2.45) is 11.8 Å². The molecule has 0 aromatic heterocycles. The van der Waals surface area contributed by atoms with Crippen LogP contribution in [0, 0.1) is 11.8 Å². The van der Waals surface area contributed by atoms with Gasteiger partial charge in [0, 0.05) is 6.54 Å². The lowest BCUT2D eigenvalue weighted by Crippen LogP contribution is -2.33. The van der Waals surface area contributed by atoms with Gasteiger partial charge in [-0.15, -0.1) is 0 Å². The molecule has 2 atom stereocenters. The van der Waals surface area contributed by atoms with E-state index in [1.165, 1.54) is 12.8 Å². The minimum absolute atomic E-state index is 0.184. The maximum Gasteiger partial charge on any atom is 0.306 e. The molecule has 0 saturated carbocycles. The van der Waals surface area contributed by atoms with Crippen LogP contribution in [0.4, 0.5) is 0 Å². The Hall–Kier alpha value is -0.570. The van der Waals surface area contributed by atoms with Crippen molar-refractivity contribution in [3.05, 3.63) is 0 Å². The summed E-state index contributed by atoms with van der Waals surface area (Å²) in [7, 11) is 2.11. The van der Waals surface area contributed by atoms with Crippen molar-refractivity contribution in [2.75, 3.05) is 20.1 Å². The zero-order chi connectivity index (χ0) is 9.84. The molecule has 1 N–H and O–H groups in total. The lowest BCUT2D eigenvalue weighted by Gasteiger charge is -2.30. The van der Waals surface area contributed by atoms with Gasteiger partial charge in [-0.2, -0.15) is 0 Å². The van der Waals surface area contributed by atoms with Crippen molar-refractivity contribution in [1.82, 2.24) is 4.90 Å². The average molecular weight is 185 g/mol. The molecule has 3 nitrogen and oxygen atoms in total. The molecule has 1 fully saturated rings. The molecule has 1 rings (SSSR count). The van der Waals surface area contributed by atoms with E-state index in [1.54, 1.807) is 6.92 Å². The number of carboxylic acid groups (broad SMARTS) is 1. The minimum Gasteiger partial charge on any atom is -0.481 e. The zero-order valence-electron chi connectivity index (χ0n) is 8.49. The Morgan fingerprint density at radius 1 is 1.69 bits per heavy atom. The fraction of sp³-hybridized carbons (Fsp3) is 0.900. The van der Waals surface area contributed by atoms with Crippen molar-refractivity contribution in [3.63, 3.8) is 0 Å². The van der Waals surface area contributed by atoms with Gasteiger partial charge in [-0.05, 0) is 38.8 Å². The molecule has 0 bridgehead atoms. The number of nitrogens with zero attached hydrogens (tertiary/aromatic N) is 1. The standard InChI is InChI=1S/C10H19NO2/c1-8(10(12)13)6-9-4-3-5-11(2)7-9/h8-9H,3-7H2,1-2H3,(H,12,13). The summed E-state index contributed by atoms with van der Waals surface area (Å²) in [6.45, 7) is 4.03. The molecule has 1 aliphatic heterocycles. The molecule has 3 heteroatoms. The summed E-state index contributed by atoms with van der Waals surface area (Å²) < 4.78 is 0. The van der Waals surface area contributed by atoms with Gasteiger partial charge in [0.05, 0.1) is 5.92 Å². The number of hydrogen-bond donors (Lipinski definition) is 1. The van der Waals surface area contributed by atoms with E-state index in [-0.39, 0.29) is 5.92 Å². The van der Waals surface area contributed by atoms with Crippen molar-refractivity contribution in [3.8, 4) is 0 Å². The number of hydrogen-bond acceptors (Lipinski definition) is 2. The summed E-state index contributed by atoms with van der Waals surface area (Å²) in [5.74, 6) is -0.255. The first kappa shape index (κ1) is 10.5. The van der Waals surface area contributed by atoms with Gasteiger partial charge in [0.2, 0.25) is 0 Å². The highest BCUT2D eigenvalue weighted by Gasteiger charge is 2.22. The normalized spacial score (nSPS) is 27.1. The third-order valence-corrected chi connectivity index (χ3v) is 2.83. The smallest absolute Gasteiger partial charge is 0.306 e. The van der Waals surface area contributed by atoms with Gasteiger partial charge in [-0.3, -0.25) is 4.79 Å². The van der Waals surface area contributed by atoms with Gasteiger partial charge in [-0.25, -0.2) is 0 Å². The molecule has 13 heavy (non-hydrogen) atoms. The van der Waals surface area contributed by atoms with E-state index in [0.29, 0.717) is 5.92 Å². The SMILES string of the molecule is CC(CC1CCCN(C)C1)C(=O)O. The summed E-state index contributed by atoms with van der Waals surface area (Å²) in [5, 5.41) is 8.76. The van der Waals surface area contributed by atoms with Crippen molar-refractivity contribution < 1.29 is 9.90 Å². The van der Waals surface area contributed by atoms with Crippen molar-refractivity contribution in [1.29, 1.82) is 0 Å². The Morgan fingerprint density at radius 3 is 2.92 bits per heavy atom. The minimum atomic E-state index is -0.659. The van der Waals surface area contributed by atoms with Crippen LogP contribution in [-0.4, -0.2) is 36.1 Å². The quantitative estimate of drug-likeness (QED) is 0.723. The van der Waals surface area contributed by atoms with E-state index in [0.717, 1.165) is 19.5 Å². The van der Waals surface area contributed by atoms with Crippen LogP contribution in [0.25, 0.3) is 0 Å². The number of rotatable bonds is 3. The highest BCUT2D eigenvalue weighted by molar-refractivity contribution is 5.69. The predicted octanol–water partition coefficient (Wildman–Crippen LogP) is 1.44. The molecular formula is C10H19NO2. The second kappa shape index (κ2) is 4.61.